The molecule has 30 heavy (non-hydrogen) atoms. The van der Waals surface area contributed by atoms with Crippen LogP contribution < -0.4 is 10.1 Å². The monoisotopic (exact) mass is 430 g/mol. The highest BCUT2D eigenvalue weighted by atomic mass is 32.2. The molecule has 1 aromatic carbocycles. The van der Waals surface area contributed by atoms with E-state index in [2.05, 4.69) is 15.6 Å². The molecule has 0 bridgehead atoms. The quantitative estimate of drug-likeness (QED) is 0.670. The van der Waals surface area contributed by atoms with E-state index in [4.69, 9.17) is 9.47 Å². The van der Waals surface area contributed by atoms with Gasteiger partial charge in [0.05, 0.1) is 20.3 Å². The number of benzene rings is 1. The number of hydrogen-bond donors (Lipinski definition) is 1. The predicted octanol–water partition coefficient (Wildman–Crippen LogP) is 2.54. The minimum atomic E-state index is -0.470. The number of esters is 1. The lowest BCUT2D eigenvalue weighted by Gasteiger charge is -2.24. The molecule has 0 amide bonds. The van der Waals surface area contributed by atoms with Gasteiger partial charge in [-0.05, 0) is 49.2 Å². The van der Waals surface area contributed by atoms with Crippen molar-refractivity contribution in [2.24, 2.45) is 0 Å². The number of thioether (sulfide) groups is 1. The van der Waals surface area contributed by atoms with Crippen LogP contribution in [0.5, 0.6) is 5.75 Å². The molecular formula is C21H26N4O4S. The first-order valence-electron chi connectivity index (χ1n) is 9.83. The number of nitrogens with one attached hydrogen (secondary N) is 1. The van der Waals surface area contributed by atoms with E-state index in [0.717, 1.165) is 29.9 Å². The maximum Gasteiger partial charge on any atom is 0.358 e. The standard InChI is InChI=1S/C21H26N4O4S/c1-4-29-21(27)20-18(11-16-12-22-10-9-19(16)30-14(2)26)23-24-25(20)13-15-5-7-17(28-3)8-6-15/h5-8,11,19,22H,4,9-10,12-13H2,1-3H3/b16-11+. The first-order chi connectivity index (χ1) is 14.5. The van der Waals surface area contributed by atoms with Crippen LogP contribution in [-0.2, 0) is 16.1 Å². The van der Waals surface area contributed by atoms with Crippen LogP contribution in [0.15, 0.2) is 29.8 Å². The number of methoxy groups -OCH3 is 1. The van der Waals surface area contributed by atoms with Gasteiger partial charge in [0.2, 0.25) is 0 Å². The SMILES string of the molecule is CCOC(=O)c1c(/C=C2\CNCCC2SC(C)=O)nnn1Cc1ccc(OC)cc1. The zero-order chi connectivity index (χ0) is 21.5. The first-order valence-corrected chi connectivity index (χ1v) is 10.7. The number of ether oxygens (including phenoxy) is 2. The Balaban J connectivity index is 1.93. The molecule has 0 aliphatic carbocycles. The second-order valence-corrected chi connectivity index (χ2v) is 8.21. The summed E-state index contributed by atoms with van der Waals surface area (Å²) in [4.78, 5) is 24.3. The van der Waals surface area contributed by atoms with Gasteiger partial charge in [0.25, 0.3) is 0 Å². The molecule has 1 aliphatic rings. The Labute approximate surface area is 180 Å². The third kappa shape index (κ3) is 5.48. The van der Waals surface area contributed by atoms with Crippen molar-refractivity contribution in [3.8, 4) is 5.75 Å². The Morgan fingerprint density at radius 1 is 1.33 bits per heavy atom. The molecule has 160 valence electrons. The number of nitrogens with zero attached hydrogens (tertiary/aromatic N) is 3. The summed E-state index contributed by atoms with van der Waals surface area (Å²) in [6.07, 6.45) is 2.70. The molecular weight excluding hydrogens is 404 g/mol. The van der Waals surface area contributed by atoms with Crippen molar-refractivity contribution >= 4 is 28.9 Å². The molecule has 2 heterocycles. The summed E-state index contributed by atoms with van der Waals surface area (Å²) in [5, 5.41) is 11.9. The molecule has 1 aromatic heterocycles. The van der Waals surface area contributed by atoms with Crippen LogP contribution in [0, 0.1) is 0 Å². The van der Waals surface area contributed by atoms with E-state index in [-0.39, 0.29) is 17.0 Å². The summed E-state index contributed by atoms with van der Waals surface area (Å²) < 4.78 is 12.0. The molecule has 0 spiro atoms. The zero-order valence-electron chi connectivity index (χ0n) is 17.4. The number of carbonyl (C=O) groups excluding carboxylic acids is 2. The number of rotatable bonds is 7. The van der Waals surface area contributed by atoms with E-state index in [1.165, 1.54) is 11.8 Å². The fourth-order valence-corrected chi connectivity index (χ4v) is 4.21. The maximum absolute atomic E-state index is 12.7. The van der Waals surface area contributed by atoms with Crippen LogP contribution in [0.3, 0.4) is 0 Å². The van der Waals surface area contributed by atoms with E-state index in [1.807, 2.05) is 30.3 Å². The van der Waals surface area contributed by atoms with Gasteiger partial charge in [-0.2, -0.15) is 0 Å². The normalized spacial score (nSPS) is 17.7. The molecule has 8 nitrogen and oxygen atoms in total. The highest BCUT2D eigenvalue weighted by molar-refractivity contribution is 8.14. The van der Waals surface area contributed by atoms with Gasteiger partial charge < -0.3 is 14.8 Å². The second-order valence-electron chi connectivity index (χ2n) is 6.83. The molecule has 3 rings (SSSR count). The number of piperidine rings is 1. The lowest BCUT2D eigenvalue weighted by atomic mass is 10.0. The fraction of sp³-hybridized carbons (Fsp3) is 0.429. The van der Waals surface area contributed by atoms with Crippen molar-refractivity contribution in [2.45, 2.75) is 32.1 Å². The molecule has 1 unspecified atom stereocenters. The summed E-state index contributed by atoms with van der Waals surface area (Å²) in [6, 6.07) is 7.54. The topological polar surface area (TPSA) is 95.3 Å². The molecule has 0 saturated carbocycles. The van der Waals surface area contributed by atoms with Gasteiger partial charge in [0, 0.05) is 18.7 Å². The Kier molecular flexibility index (Phi) is 7.64. The highest BCUT2D eigenvalue weighted by Gasteiger charge is 2.25. The number of carbonyl (C=O) groups is 2. The highest BCUT2D eigenvalue weighted by Crippen LogP contribution is 2.27. The van der Waals surface area contributed by atoms with Gasteiger partial charge >= 0.3 is 5.97 Å². The Morgan fingerprint density at radius 3 is 2.77 bits per heavy atom. The Hall–Kier alpha value is -2.65. The van der Waals surface area contributed by atoms with Gasteiger partial charge in [-0.1, -0.05) is 29.1 Å². The van der Waals surface area contributed by atoms with Crippen molar-refractivity contribution in [1.29, 1.82) is 0 Å². The van der Waals surface area contributed by atoms with Crippen molar-refractivity contribution in [2.75, 3.05) is 26.8 Å². The minimum absolute atomic E-state index is 0.0607. The summed E-state index contributed by atoms with van der Waals surface area (Å²) in [7, 11) is 1.61. The van der Waals surface area contributed by atoms with E-state index in [1.54, 1.807) is 25.6 Å². The molecule has 1 atom stereocenters. The van der Waals surface area contributed by atoms with E-state index in [0.29, 0.717) is 24.5 Å². The third-order valence-electron chi connectivity index (χ3n) is 4.68. The molecule has 1 aliphatic heterocycles. The van der Waals surface area contributed by atoms with Crippen molar-refractivity contribution in [3.05, 3.63) is 46.8 Å². The van der Waals surface area contributed by atoms with Crippen LogP contribution in [0.1, 0.15) is 42.0 Å². The van der Waals surface area contributed by atoms with Gasteiger partial charge in [0.1, 0.15) is 11.4 Å². The molecule has 1 fully saturated rings. The minimum Gasteiger partial charge on any atom is -0.497 e. The molecule has 1 N–H and O–H groups in total. The van der Waals surface area contributed by atoms with Gasteiger partial charge in [-0.3, -0.25) is 4.79 Å². The van der Waals surface area contributed by atoms with E-state index < -0.39 is 5.97 Å². The molecule has 9 heteroatoms. The van der Waals surface area contributed by atoms with Gasteiger partial charge in [-0.25, -0.2) is 9.48 Å². The summed E-state index contributed by atoms with van der Waals surface area (Å²) in [5.41, 5.74) is 2.73. The van der Waals surface area contributed by atoms with Crippen LogP contribution in [0.4, 0.5) is 0 Å². The van der Waals surface area contributed by atoms with Crippen LogP contribution in [-0.4, -0.2) is 58.1 Å². The predicted molar refractivity (Wildman–Crippen MR) is 116 cm³/mol. The van der Waals surface area contributed by atoms with Crippen LogP contribution in [0.25, 0.3) is 6.08 Å². The van der Waals surface area contributed by atoms with Gasteiger partial charge in [0.15, 0.2) is 10.8 Å². The smallest absolute Gasteiger partial charge is 0.358 e. The average Bonchev–Trinajstić information content (AvgIpc) is 3.12. The summed E-state index contributed by atoms with van der Waals surface area (Å²) in [6.45, 7) is 5.44. The van der Waals surface area contributed by atoms with Crippen LogP contribution in [0.2, 0.25) is 0 Å². The average molecular weight is 431 g/mol. The van der Waals surface area contributed by atoms with Crippen molar-refractivity contribution < 1.29 is 19.1 Å². The number of hydrogen-bond acceptors (Lipinski definition) is 8. The molecule has 1 saturated heterocycles. The van der Waals surface area contributed by atoms with E-state index >= 15 is 0 Å². The fourth-order valence-electron chi connectivity index (χ4n) is 3.27. The summed E-state index contributed by atoms with van der Waals surface area (Å²) >= 11 is 1.31. The third-order valence-corrected chi connectivity index (χ3v) is 5.83. The van der Waals surface area contributed by atoms with E-state index in [9.17, 15) is 9.59 Å². The van der Waals surface area contributed by atoms with Crippen molar-refractivity contribution in [3.63, 3.8) is 0 Å². The van der Waals surface area contributed by atoms with Crippen LogP contribution >= 0.6 is 11.8 Å². The lowest BCUT2D eigenvalue weighted by Crippen LogP contribution is -2.32. The Morgan fingerprint density at radius 2 is 2.10 bits per heavy atom. The van der Waals surface area contributed by atoms with Crippen molar-refractivity contribution in [1.82, 2.24) is 20.3 Å². The summed E-state index contributed by atoms with van der Waals surface area (Å²) in [5.74, 6) is 0.287. The zero-order valence-corrected chi connectivity index (χ0v) is 18.2. The van der Waals surface area contributed by atoms with Gasteiger partial charge in [-0.15, -0.1) is 5.10 Å². The molecule has 2 aromatic rings. The second kappa shape index (κ2) is 10.4. The Bertz CT molecular complexity index is 924. The largest absolute Gasteiger partial charge is 0.497 e. The number of aromatic nitrogens is 3. The first kappa shape index (κ1) is 22.0. The lowest BCUT2D eigenvalue weighted by molar-refractivity contribution is -0.109. The molecule has 0 radical (unpaired) electrons. The maximum atomic E-state index is 12.7.